The van der Waals surface area contributed by atoms with E-state index >= 15 is 0 Å². The number of methoxy groups -OCH3 is 1. The molecule has 142 heavy (non-hydrogen) atoms. The highest BCUT2D eigenvalue weighted by Crippen LogP contribution is 2.32. The minimum atomic E-state index is -0.601. The average molecular weight is 2090 g/mol. The molecule has 1 unspecified atom stereocenters. The lowest BCUT2D eigenvalue weighted by Crippen LogP contribution is -2.29. The van der Waals surface area contributed by atoms with Crippen LogP contribution in [0, 0.1) is 5.92 Å². The molecule has 1 amide bonds. The third-order valence-corrected chi connectivity index (χ3v) is 20.2. The molecule has 0 bridgehead atoms. The first-order chi connectivity index (χ1) is 66.0. The summed E-state index contributed by atoms with van der Waals surface area (Å²) in [6.07, 6.45) is 38.1. The first-order valence-corrected chi connectivity index (χ1v) is 45.5. The molecule has 786 valence electrons. The molecule has 0 aliphatic heterocycles. The van der Waals surface area contributed by atoms with Gasteiger partial charge in [0, 0.05) is 122 Å². The molecule has 0 aromatic carbocycles. The van der Waals surface area contributed by atoms with Crippen LogP contribution in [0.5, 0.6) is 34.5 Å². The van der Waals surface area contributed by atoms with Gasteiger partial charge < -0.3 is 131 Å². The van der Waals surface area contributed by atoms with Crippen LogP contribution in [0.3, 0.4) is 0 Å². The largest absolute Gasteiger partial charge is 0.491 e. The molecule has 0 spiro atoms. The highest BCUT2D eigenvalue weighted by Gasteiger charge is 2.23. The molecule has 7 atom stereocenters. The highest BCUT2D eigenvalue weighted by molar-refractivity contribution is 7.60. The molecular formula is C93H150N30O13S6. The summed E-state index contributed by atoms with van der Waals surface area (Å²) in [4.78, 5) is 80.5. The molecule has 49 heteroatoms. The van der Waals surface area contributed by atoms with E-state index in [0.717, 1.165) is 106 Å². The highest BCUT2D eigenvalue weighted by atomic mass is 32.1. The van der Waals surface area contributed by atoms with Crippen molar-refractivity contribution in [2.45, 2.75) is 227 Å². The van der Waals surface area contributed by atoms with Gasteiger partial charge in [-0.1, -0.05) is 130 Å². The van der Waals surface area contributed by atoms with E-state index in [1.54, 1.807) is 81.2 Å². The lowest BCUT2D eigenvalue weighted by molar-refractivity contribution is 0.0995. The van der Waals surface area contributed by atoms with Gasteiger partial charge in [0.1, 0.15) is 38.7 Å². The average Bonchev–Trinajstić information content (AvgIpc) is 0.878. The fraction of sp³-hybridized carbons (Fsp3) is 0.462. The topological polar surface area (TPSA) is 667 Å². The number of primary amides is 1. The van der Waals surface area contributed by atoms with Crippen LogP contribution in [0.1, 0.15) is 196 Å². The van der Waals surface area contributed by atoms with Crippen LogP contribution < -0.4 is 100 Å². The number of nitrogen functional groups attached to an aromatic ring is 6. The Hall–Kier alpha value is -12.0. The summed E-state index contributed by atoms with van der Waals surface area (Å²) < 4.78 is 34.0. The van der Waals surface area contributed by atoms with Gasteiger partial charge in [0.05, 0.1) is 75.3 Å². The number of pyridine rings is 5. The fourth-order valence-electron chi connectivity index (χ4n) is 12.8. The fourth-order valence-corrected chi connectivity index (χ4v) is 12.8. The Balaban J connectivity index is 0.00000167. The molecule has 11 aromatic heterocycles. The summed E-state index contributed by atoms with van der Waals surface area (Å²) in [6.45, 7) is 16.7. The molecule has 26 N–H and O–H groups in total. The zero-order chi connectivity index (χ0) is 98.5. The van der Waals surface area contributed by atoms with E-state index in [0.29, 0.717) is 133 Å². The second-order valence-corrected chi connectivity index (χ2v) is 31.0. The number of nitrogens with one attached hydrogen (secondary N) is 6. The van der Waals surface area contributed by atoms with Gasteiger partial charge in [-0.25, -0.2) is 34.9 Å². The van der Waals surface area contributed by atoms with E-state index in [2.05, 4.69) is 165 Å². The number of unbranched alkanes of at least 4 members (excludes halogenated alkanes) is 2. The minimum Gasteiger partial charge on any atom is -0.491 e. The van der Waals surface area contributed by atoms with Gasteiger partial charge >= 0.3 is 0 Å². The van der Waals surface area contributed by atoms with Gasteiger partial charge in [0.25, 0.3) is 5.91 Å². The number of aliphatic hydroxyl groups excluding tert-OH is 6. The maximum atomic E-state index is 11.2. The Labute approximate surface area is 873 Å². The Kier molecular flexibility index (Phi) is 70.2. The number of anilines is 12. The molecular weight excluding hydrogens is 1940 g/mol. The standard InChI is InChI=1S/C17H24N6O3.C17H25N5O2.2C16H23N5O2.C15H21N5O2.C12H22N4O2.6H2S/c1-2-4-11(7-8-24)22-16-14(9-20-17(19)23-16)26-10-12-5-3-6-13(21-12)15(18)25;1-2-3-6-14(7-9-23)21-16-15(11-20-17(18)22-16)24-12-13-5-4-8-19-10-13;1-2-4-13(6-8-22)20-15-14(10-19-16(17)21-15)23-11-12-5-3-7-18-9-12;1-2-3-6-13(10-22)20-15-14(9-19-16(17)21-15)23-11-12-5-4-7-18-8-12;1-2-4-12(9-21)19-14-13(8-18-15(16)20-14)22-10-11-5-3-6-17-7-11;1-4-8(2)9(5-6-17)15-11-10(18-3)7-14-12(13)16-11;;;;;;/h3,5-6,9,11,24H,2,4,7-8,10H2,1H3,(H2,18,25)(H3,19,20,22,23);4-5,8,10-11,14,23H,2-3,6-7,9,12H2,1H3,(H3,18,20,21,22);3,5,7,9-10,13,22H,2,4,6,8,11H2,1H3,(H3,17,19,20,21);4-5,7-9,13,22H,2-3,6,10-11H2,1H3,(H3,17,19,20,21);3,5-8,12,21H,2,4,9-10H2,1H3,(H3,16,18,19,20);7-9,17H,4-6H2,1-3H3,(H3,13,14,15,16);6*1H2/t11-;14-;2*13-;12-;8?,9-;;;;;;/m000000....../s1. The Morgan fingerprint density at radius 1 is 0.331 bits per heavy atom. The zero-order valence-electron chi connectivity index (χ0n) is 82.0. The van der Waals surface area contributed by atoms with E-state index in [1.165, 1.54) is 30.9 Å². The van der Waals surface area contributed by atoms with Crippen molar-refractivity contribution in [2.75, 3.05) is 113 Å². The summed E-state index contributed by atoms with van der Waals surface area (Å²) in [5.74, 6) is 6.95. The maximum Gasteiger partial charge on any atom is 0.267 e. The number of carbonyl (C=O) groups excluding carboxylic acids is 1. The van der Waals surface area contributed by atoms with Gasteiger partial charge in [-0.15, -0.1) is 0 Å². The van der Waals surface area contributed by atoms with Crippen molar-refractivity contribution in [3.63, 3.8) is 0 Å². The van der Waals surface area contributed by atoms with Crippen molar-refractivity contribution in [3.05, 3.63) is 187 Å². The van der Waals surface area contributed by atoms with Crippen LogP contribution in [0.4, 0.5) is 70.6 Å². The summed E-state index contributed by atoms with van der Waals surface area (Å²) in [7, 11) is 1.56. The molecule has 11 aromatic rings. The third kappa shape index (κ3) is 50.6. The normalized spacial score (nSPS) is 11.6. The van der Waals surface area contributed by atoms with Crippen LogP contribution in [0.25, 0.3) is 0 Å². The van der Waals surface area contributed by atoms with Crippen molar-refractivity contribution < 1.29 is 63.9 Å². The van der Waals surface area contributed by atoms with Gasteiger partial charge in [-0.05, 0) is 100 Å². The molecule has 0 radical (unpaired) electrons. The van der Waals surface area contributed by atoms with Crippen molar-refractivity contribution in [1.82, 2.24) is 84.7 Å². The monoisotopic (exact) mass is 2090 g/mol. The lowest BCUT2D eigenvalue weighted by atomic mass is 9.96. The van der Waals surface area contributed by atoms with Crippen LogP contribution in [0.2, 0.25) is 0 Å². The predicted molar refractivity (Wildman–Crippen MR) is 588 cm³/mol. The Morgan fingerprint density at radius 3 is 0.887 bits per heavy atom. The van der Waals surface area contributed by atoms with Crippen molar-refractivity contribution in [3.8, 4) is 34.5 Å². The predicted octanol–water partition coefficient (Wildman–Crippen LogP) is 11.0. The van der Waals surface area contributed by atoms with Crippen molar-refractivity contribution in [1.29, 1.82) is 0 Å². The number of hydrogen-bond donors (Lipinski definition) is 19. The summed E-state index contributed by atoms with van der Waals surface area (Å²) >= 11 is 0. The number of hydrogen-bond acceptors (Lipinski definition) is 42. The third-order valence-electron chi connectivity index (χ3n) is 20.2. The maximum absolute atomic E-state index is 11.2. The quantitative estimate of drug-likeness (QED) is 0.0168. The second kappa shape index (κ2) is 76.7. The molecule has 0 fully saturated rings. The first-order valence-electron chi connectivity index (χ1n) is 45.5. The number of amides is 1. The van der Waals surface area contributed by atoms with E-state index < -0.39 is 5.91 Å². The Bertz CT molecular complexity index is 5120. The first kappa shape index (κ1) is 130. The number of nitrogens with zero attached hydrogens (tertiary/aromatic N) is 17. The summed E-state index contributed by atoms with van der Waals surface area (Å²) in [5, 5.41) is 75.1. The molecule has 43 nitrogen and oxygen atoms in total. The van der Waals surface area contributed by atoms with Gasteiger partial charge in [-0.3, -0.25) is 24.7 Å². The molecule has 11 heterocycles. The smallest absolute Gasteiger partial charge is 0.267 e. The number of rotatable bonds is 53. The van der Waals surface area contributed by atoms with Gasteiger partial charge in [0.2, 0.25) is 35.7 Å². The summed E-state index contributed by atoms with van der Waals surface area (Å²) in [5.41, 5.74) is 43.7. The zero-order valence-corrected chi connectivity index (χ0v) is 88.0. The van der Waals surface area contributed by atoms with Gasteiger partial charge in [-0.2, -0.15) is 111 Å². The molecule has 0 aliphatic rings. The molecule has 0 aliphatic carbocycles. The van der Waals surface area contributed by atoms with Crippen LogP contribution in [0.15, 0.2) is 153 Å². The second-order valence-electron chi connectivity index (χ2n) is 31.0. The van der Waals surface area contributed by atoms with Crippen LogP contribution in [-0.4, -0.2) is 204 Å². The molecule has 11 rings (SSSR count). The Morgan fingerprint density at radius 2 is 0.613 bits per heavy atom. The van der Waals surface area contributed by atoms with Gasteiger partial charge in [0.15, 0.2) is 69.4 Å². The summed E-state index contributed by atoms with van der Waals surface area (Å²) in [6, 6.07) is 20.3. The van der Waals surface area contributed by atoms with E-state index in [4.69, 9.17) is 73.7 Å². The van der Waals surface area contributed by atoms with E-state index in [9.17, 15) is 30.3 Å². The number of nitrogens with two attached hydrogens (primary N) is 7. The molecule has 0 saturated carbocycles. The van der Waals surface area contributed by atoms with E-state index in [1.807, 2.05) is 48.5 Å². The van der Waals surface area contributed by atoms with E-state index in [-0.39, 0.29) is 205 Å². The molecule has 0 saturated heterocycles. The number of ether oxygens (including phenoxy) is 6. The number of carbonyl (C=O) groups is 1. The van der Waals surface area contributed by atoms with Crippen LogP contribution in [-0.2, 0) is 33.0 Å². The SMILES string of the molecule is CCC(C)[C@H](CCO)Nc1nc(N)ncc1OC.CCCC[C@@H](CCO)Nc1nc(N)ncc1OCc1cccnc1.CCCC[C@@H](CO)Nc1nc(N)ncc1OCc1cccnc1.CCC[C@@H](CCO)Nc1nc(N)ncc1OCc1cccc(C(N)=O)n1.CCC[C@@H](CCO)Nc1nc(N)ncc1OCc1cccnc1.CCC[C@@H](CO)Nc1nc(N)ncc1OCc1cccnc1.S.S.S.S.S.S. The van der Waals surface area contributed by atoms with Crippen molar-refractivity contribution in [2.24, 2.45) is 11.7 Å². The minimum absolute atomic E-state index is 0. The lowest BCUT2D eigenvalue weighted by Gasteiger charge is -2.24. The number of aliphatic hydroxyl groups is 6. The number of aromatic nitrogens is 17. The van der Waals surface area contributed by atoms with Crippen molar-refractivity contribution >= 4 is 157 Å². The van der Waals surface area contributed by atoms with Crippen LogP contribution >= 0.6 is 81.0 Å².